The Kier molecular flexibility index (Phi) is 7.31. The fourth-order valence-corrected chi connectivity index (χ4v) is 4.09. The zero-order chi connectivity index (χ0) is 15.9. The topological polar surface area (TPSA) is 85.4 Å². The molecule has 0 N–H and O–H groups in total. The molecule has 122 valence electrons. The van der Waals surface area contributed by atoms with Crippen LogP contribution >= 0.6 is 7.60 Å². The van der Waals surface area contributed by atoms with E-state index in [-0.39, 0.29) is 13.2 Å². The van der Waals surface area contributed by atoms with Gasteiger partial charge in [0.2, 0.25) is 12.2 Å². The molecular formula is C12H23N2O6P. The minimum absolute atomic E-state index is 0.122. The highest BCUT2D eigenvalue weighted by atomic mass is 31.2. The third kappa shape index (κ3) is 4.51. The van der Waals surface area contributed by atoms with Crippen molar-refractivity contribution in [2.24, 2.45) is 0 Å². The van der Waals surface area contributed by atoms with Crippen LogP contribution < -0.4 is 0 Å². The molecule has 0 spiro atoms. The molecule has 1 rings (SSSR count). The van der Waals surface area contributed by atoms with Crippen LogP contribution in [0.4, 0.5) is 0 Å². The summed E-state index contributed by atoms with van der Waals surface area (Å²) >= 11 is 0. The van der Waals surface area contributed by atoms with Crippen LogP contribution in [0, 0.1) is 0 Å². The number of carbonyl (C=O) groups is 2. The van der Waals surface area contributed by atoms with E-state index >= 15 is 0 Å². The Bertz CT molecular complexity index is 389. The molecule has 1 unspecified atom stereocenters. The second-order valence-electron chi connectivity index (χ2n) is 4.46. The molecule has 0 aliphatic carbocycles. The molecule has 0 aromatic heterocycles. The number of hydrogen-bond acceptors (Lipinski definition) is 6. The van der Waals surface area contributed by atoms with Gasteiger partial charge in [0.15, 0.2) is 0 Å². The van der Waals surface area contributed by atoms with Crippen molar-refractivity contribution < 1.29 is 27.9 Å². The molecule has 0 aromatic carbocycles. The predicted octanol–water partition coefficient (Wildman–Crippen LogP) is 0.526. The number of amides is 2. The lowest BCUT2D eigenvalue weighted by molar-refractivity contribution is -0.141. The first-order valence-electron chi connectivity index (χ1n) is 6.92. The van der Waals surface area contributed by atoms with Gasteiger partial charge in [-0.25, -0.2) is 0 Å². The lowest BCUT2D eigenvalue weighted by atomic mass is 10.4. The smallest absolute Gasteiger partial charge is 0.362 e. The SMILES string of the molecule is CCOP(=O)(OCC)C(C(=O)N1CCOCC1)N(C)C=O. The van der Waals surface area contributed by atoms with Crippen LogP contribution in [0.1, 0.15) is 13.8 Å². The van der Waals surface area contributed by atoms with E-state index in [2.05, 4.69) is 0 Å². The Morgan fingerprint density at radius 2 is 1.86 bits per heavy atom. The number of carbonyl (C=O) groups excluding carboxylic acids is 2. The van der Waals surface area contributed by atoms with Crippen LogP contribution in [0.5, 0.6) is 0 Å². The van der Waals surface area contributed by atoms with E-state index in [0.717, 1.165) is 4.90 Å². The van der Waals surface area contributed by atoms with Crippen molar-refractivity contribution in [2.45, 2.75) is 19.6 Å². The van der Waals surface area contributed by atoms with Gasteiger partial charge in [0, 0.05) is 20.1 Å². The Hall–Kier alpha value is -0.950. The summed E-state index contributed by atoms with van der Waals surface area (Å²) in [6.45, 7) is 5.16. The number of hydrogen-bond donors (Lipinski definition) is 0. The molecule has 1 saturated heterocycles. The fourth-order valence-electron chi connectivity index (χ4n) is 2.08. The van der Waals surface area contributed by atoms with E-state index in [1.165, 1.54) is 11.9 Å². The first-order chi connectivity index (χ1) is 10.00. The van der Waals surface area contributed by atoms with Gasteiger partial charge in [-0.3, -0.25) is 14.2 Å². The predicted molar refractivity (Wildman–Crippen MR) is 75.9 cm³/mol. The maximum Gasteiger partial charge on any atom is 0.362 e. The van der Waals surface area contributed by atoms with E-state index in [4.69, 9.17) is 13.8 Å². The molecule has 1 heterocycles. The molecular weight excluding hydrogens is 299 g/mol. The number of nitrogens with zero attached hydrogens (tertiary/aromatic N) is 2. The molecule has 8 nitrogen and oxygen atoms in total. The Balaban J connectivity index is 3.04. The van der Waals surface area contributed by atoms with Crippen LogP contribution in [0.25, 0.3) is 0 Å². The summed E-state index contributed by atoms with van der Waals surface area (Å²) < 4.78 is 28.5. The highest BCUT2D eigenvalue weighted by molar-refractivity contribution is 7.55. The van der Waals surface area contributed by atoms with Crippen molar-refractivity contribution in [3.05, 3.63) is 0 Å². The quantitative estimate of drug-likeness (QED) is 0.478. The summed E-state index contributed by atoms with van der Waals surface area (Å²) in [5.41, 5.74) is 0. The monoisotopic (exact) mass is 322 g/mol. The molecule has 0 saturated carbocycles. The number of rotatable bonds is 8. The molecule has 1 aliphatic rings. The Morgan fingerprint density at radius 1 is 1.33 bits per heavy atom. The maximum absolute atomic E-state index is 12.9. The maximum atomic E-state index is 12.9. The Morgan fingerprint density at radius 3 is 2.29 bits per heavy atom. The first kappa shape index (κ1) is 18.1. The van der Waals surface area contributed by atoms with Gasteiger partial charge in [-0.05, 0) is 13.8 Å². The van der Waals surface area contributed by atoms with Crippen molar-refractivity contribution in [1.82, 2.24) is 9.80 Å². The summed E-state index contributed by atoms with van der Waals surface area (Å²) in [7, 11) is -2.37. The fraction of sp³-hybridized carbons (Fsp3) is 0.833. The van der Waals surface area contributed by atoms with Crippen LogP contribution in [-0.2, 0) is 27.9 Å². The highest BCUT2D eigenvalue weighted by Gasteiger charge is 2.46. The van der Waals surface area contributed by atoms with E-state index in [9.17, 15) is 14.2 Å². The summed E-state index contributed by atoms with van der Waals surface area (Å²) in [5, 5.41) is 0. The van der Waals surface area contributed by atoms with E-state index in [1.54, 1.807) is 13.8 Å². The van der Waals surface area contributed by atoms with Crippen molar-refractivity contribution >= 4 is 19.9 Å². The molecule has 1 aliphatic heterocycles. The second-order valence-corrected chi connectivity index (χ2v) is 6.54. The summed E-state index contributed by atoms with van der Waals surface area (Å²) in [6, 6.07) is 0. The molecule has 0 radical (unpaired) electrons. The number of ether oxygens (including phenoxy) is 1. The van der Waals surface area contributed by atoms with Crippen LogP contribution in [0.2, 0.25) is 0 Å². The van der Waals surface area contributed by atoms with Crippen LogP contribution in [0.3, 0.4) is 0 Å². The van der Waals surface area contributed by atoms with Crippen molar-refractivity contribution in [3.8, 4) is 0 Å². The van der Waals surface area contributed by atoms with Gasteiger partial charge in [0.05, 0.1) is 26.4 Å². The molecule has 21 heavy (non-hydrogen) atoms. The van der Waals surface area contributed by atoms with Crippen molar-refractivity contribution in [3.63, 3.8) is 0 Å². The molecule has 1 fully saturated rings. The normalized spacial score (nSPS) is 17.4. The molecule has 0 bridgehead atoms. The van der Waals surface area contributed by atoms with Gasteiger partial charge in [-0.15, -0.1) is 0 Å². The van der Waals surface area contributed by atoms with Gasteiger partial charge >= 0.3 is 7.60 Å². The molecule has 1 atom stereocenters. The van der Waals surface area contributed by atoms with E-state index in [1.807, 2.05) is 0 Å². The summed E-state index contributed by atoms with van der Waals surface area (Å²) in [5.74, 6) is -1.72. The average Bonchev–Trinajstić information content (AvgIpc) is 2.48. The van der Waals surface area contributed by atoms with Crippen molar-refractivity contribution in [1.29, 1.82) is 0 Å². The molecule has 9 heteroatoms. The highest BCUT2D eigenvalue weighted by Crippen LogP contribution is 2.54. The standard InChI is InChI=1S/C12H23N2O6P/c1-4-19-21(17,20-5-2)12(13(3)10-15)11(16)14-6-8-18-9-7-14/h10,12H,4-9H2,1-3H3. The number of morpholine rings is 1. The minimum Gasteiger partial charge on any atom is -0.378 e. The van der Waals surface area contributed by atoms with Gasteiger partial charge < -0.3 is 23.6 Å². The largest absolute Gasteiger partial charge is 0.378 e. The molecule has 0 aromatic rings. The van der Waals surface area contributed by atoms with E-state index in [0.29, 0.717) is 32.7 Å². The Labute approximate surface area is 124 Å². The third-order valence-electron chi connectivity index (χ3n) is 3.01. The van der Waals surface area contributed by atoms with Crippen LogP contribution in [0.15, 0.2) is 0 Å². The van der Waals surface area contributed by atoms with E-state index < -0.39 is 19.3 Å². The van der Waals surface area contributed by atoms with Gasteiger partial charge in [0.25, 0.3) is 5.91 Å². The first-order valence-corrected chi connectivity index (χ1v) is 8.53. The molecule has 2 amide bonds. The van der Waals surface area contributed by atoms with Gasteiger partial charge in [-0.1, -0.05) is 0 Å². The van der Waals surface area contributed by atoms with Crippen LogP contribution in [-0.4, -0.2) is 74.5 Å². The summed E-state index contributed by atoms with van der Waals surface area (Å²) in [4.78, 5) is 26.3. The zero-order valence-electron chi connectivity index (χ0n) is 12.7. The second kappa shape index (κ2) is 8.48. The number of likely N-dealkylation sites (N-methyl/N-ethyl adjacent to an activating group) is 1. The third-order valence-corrected chi connectivity index (χ3v) is 5.43. The zero-order valence-corrected chi connectivity index (χ0v) is 13.6. The lowest BCUT2D eigenvalue weighted by Gasteiger charge is -2.35. The van der Waals surface area contributed by atoms with Gasteiger partial charge in [-0.2, -0.15) is 0 Å². The average molecular weight is 322 g/mol. The van der Waals surface area contributed by atoms with Gasteiger partial charge in [0.1, 0.15) is 0 Å². The van der Waals surface area contributed by atoms with Crippen molar-refractivity contribution in [2.75, 3.05) is 46.6 Å². The lowest BCUT2D eigenvalue weighted by Crippen LogP contribution is -2.50. The minimum atomic E-state index is -3.76. The summed E-state index contributed by atoms with van der Waals surface area (Å²) in [6.07, 6.45) is 0.452.